The van der Waals surface area contributed by atoms with Crippen molar-refractivity contribution in [1.82, 2.24) is 24.4 Å². The van der Waals surface area contributed by atoms with Crippen molar-refractivity contribution in [3.63, 3.8) is 0 Å². The van der Waals surface area contributed by atoms with Gasteiger partial charge in [-0.1, -0.05) is 6.07 Å². The molecule has 0 radical (unpaired) electrons. The number of carbonyl (C=O) groups excluding carboxylic acids is 1. The van der Waals surface area contributed by atoms with E-state index in [2.05, 4.69) is 10.00 Å². The smallest absolute Gasteiger partial charge is 0.277 e. The first-order valence-electron chi connectivity index (χ1n) is 12.0. The topological polar surface area (TPSA) is 73.7 Å². The highest BCUT2D eigenvalue weighted by Gasteiger charge is 2.32. The molecule has 3 aromatic rings. The monoisotopic (exact) mass is 449 g/mol. The molecular weight excluding hydrogens is 421 g/mol. The maximum absolute atomic E-state index is 13.7. The zero-order valence-corrected chi connectivity index (χ0v) is 18.6. The van der Waals surface area contributed by atoms with Crippen LogP contribution in [-0.4, -0.2) is 49.9 Å². The van der Waals surface area contributed by atoms with Gasteiger partial charge in [-0.2, -0.15) is 0 Å². The third-order valence-corrected chi connectivity index (χ3v) is 7.27. The number of aromatic amines is 1. The average molecular weight is 450 g/mol. The second-order valence-corrected chi connectivity index (χ2v) is 9.70. The lowest BCUT2D eigenvalue weighted by Gasteiger charge is -2.35. The van der Waals surface area contributed by atoms with Crippen LogP contribution >= 0.6 is 0 Å². The molecule has 7 nitrogen and oxygen atoms in total. The Labute approximate surface area is 191 Å². The molecule has 1 atom stereocenters. The molecule has 1 N–H and O–H groups in total. The third kappa shape index (κ3) is 3.86. The van der Waals surface area contributed by atoms with Gasteiger partial charge in [0.2, 0.25) is 0 Å². The number of rotatable bonds is 4. The minimum absolute atomic E-state index is 0.0411. The minimum atomic E-state index is -0.419. The standard InChI is InChI=1S/C25H28FN5O2/c26-18-5-3-4-17(12-18)24(32)30-10-2-1-6-22(30)21-13-23-27-20-9-11-29(14-16-7-8-16)15-19(20)25(33)31(23)28-21/h3-5,12-13,16,22,28H,1-2,6-11,14-15H2/t22-/m1/s1. The molecule has 2 aliphatic heterocycles. The molecule has 1 aliphatic carbocycles. The number of fused-ring (bicyclic) bond motifs is 2. The predicted molar refractivity (Wildman–Crippen MR) is 122 cm³/mol. The summed E-state index contributed by atoms with van der Waals surface area (Å²) in [6.07, 6.45) is 6.07. The van der Waals surface area contributed by atoms with Crippen molar-refractivity contribution in [3.05, 3.63) is 69.0 Å². The molecule has 8 heteroatoms. The van der Waals surface area contributed by atoms with Gasteiger partial charge in [-0.15, -0.1) is 0 Å². The average Bonchev–Trinajstić information content (AvgIpc) is 3.54. The van der Waals surface area contributed by atoms with Crippen LogP contribution in [0.4, 0.5) is 4.39 Å². The number of piperidine rings is 1. The summed E-state index contributed by atoms with van der Waals surface area (Å²) in [7, 11) is 0. The van der Waals surface area contributed by atoms with Crippen LogP contribution in [0.1, 0.15) is 65.5 Å². The van der Waals surface area contributed by atoms with Crippen LogP contribution in [0.2, 0.25) is 0 Å². The van der Waals surface area contributed by atoms with Gasteiger partial charge in [0.05, 0.1) is 23.0 Å². The van der Waals surface area contributed by atoms with Crippen molar-refractivity contribution in [2.45, 2.75) is 51.1 Å². The lowest BCUT2D eigenvalue weighted by Crippen LogP contribution is -2.39. The number of benzene rings is 1. The van der Waals surface area contributed by atoms with Crippen molar-refractivity contribution in [1.29, 1.82) is 0 Å². The molecule has 1 aromatic carbocycles. The Balaban J connectivity index is 1.33. The number of nitrogens with zero attached hydrogens (tertiary/aromatic N) is 4. The number of hydrogen-bond donors (Lipinski definition) is 1. The number of hydrogen-bond acceptors (Lipinski definition) is 4. The van der Waals surface area contributed by atoms with E-state index in [1.807, 2.05) is 6.07 Å². The number of carbonyl (C=O) groups is 1. The molecule has 172 valence electrons. The molecule has 6 rings (SSSR count). The predicted octanol–water partition coefficient (Wildman–Crippen LogP) is 3.30. The van der Waals surface area contributed by atoms with Gasteiger partial charge in [0.25, 0.3) is 11.5 Å². The summed E-state index contributed by atoms with van der Waals surface area (Å²) in [5, 5.41) is 3.25. The number of H-pyrrole nitrogens is 1. The van der Waals surface area contributed by atoms with Crippen molar-refractivity contribution >= 4 is 11.6 Å². The van der Waals surface area contributed by atoms with E-state index in [1.165, 1.54) is 29.5 Å². The number of aromatic nitrogens is 3. The van der Waals surface area contributed by atoms with E-state index in [1.54, 1.807) is 17.0 Å². The van der Waals surface area contributed by atoms with Crippen LogP contribution in [0.25, 0.3) is 5.65 Å². The summed E-state index contributed by atoms with van der Waals surface area (Å²) >= 11 is 0. The molecule has 1 saturated heterocycles. The first-order chi connectivity index (χ1) is 16.1. The van der Waals surface area contributed by atoms with Crippen LogP contribution in [0.3, 0.4) is 0 Å². The highest BCUT2D eigenvalue weighted by Crippen LogP contribution is 2.33. The maximum Gasteiger partial charge on any atom is 0.277 e. The number of amides is 1. The quantitative estimate of drug-likeness (QED) is 0.663. The summed E-state index contributed by atoms with van der Waals surface area (Å²) in [6.45, 7) is 3.27. The van der Waals surface area contributed by atoms with Crippen molar-refractivity contribution < 1.29 is 9.18 Å². The first kappa shape index (κ1) is 20.6. The molecule has 3 aliphatic rings. The molecule has 0 unspecified atom stereocenters. The third-order valence-electron chi connectivity index (χ3n) is 7.27. The highest BCUT2D eigenvalue weighted by molar-refractivity contribution is 5.94. The second-order valence-electron chi connectivity index (χ2n) is 9.70. The molecule has 0 bridgehead atoms. The summed E-state index contributed by atoms with van der Waals surface area (Å²) < 4.78 is 15.3. The van der Waals surface area contributed by atoms with Crippen LogP contribution in [-0.2, 0) is 13.0 Å². The Bertz CT molecular complexity index is 1280. The lowest BCUT2D eigenvalue weighted by molar-refractivity contribution is 0.0605. The molecule has 1 amide bonds. The van der Waals surface area contributed by atoms with Crippen molar-refractivity contribution in [2.24, 2.45) is 5.92 Å². The first-order valence-corrected chi connectivity index (χ1v) is 12.0. The van der Waals surface area contributed by atoms with E-state index in [0.29, 0.717) is 24.3 Å². The Hall–Kier alpha value is -3.00. The summed E-state index contributed by atoms with van der Waals surface area (Å²) in [5.41, 5.74) is 3.40. The van der Waals surface area contributed by atoms with E-state index in [-0.39, 0.29) is 17.5 Å². The Morgan fingerprint density at radius 1 is 1.15 bits per heavy atom. The van der Waals surface area contributed by atoms with E-state index in [0.717, 1.165) is 61.6 Å². The van der Waals surface area contributed by atoms with Gasteiger partial charge in [-0.3, -0.25) is 19.6 Å². The van der Waals surface area contributed by atoms with Gasteiger partial charge in [0, 0.05) is 44.2 Å². The molecule has 33 heavy (non-hydrogen) atoms. The van der Waals surface area contributed by atoms with E-state index < -0.39 is 5.82 Å². The van der Waals surface area contributed by atoms with Crippen molar-refractivity contribution in [2.75, 3.05) is 19.6 Å². The van der Waals surface area contributed by atoms with Crippen LogP contribution in [0, 0.1) is 11.7 Å². The van der Waals surface area contributed by atoms with Crippen LogP contribution < -0.4 is 5.56 Å². The molecule has 2 aromatic heterocycles. The fourth-order valence-electron chi connectivity index (χ4n) is 5.33. The van der Waals surface area contributed by atoms with Crippen LogP contribution in [0.15, 0.2) is 35.1 Å². The van der Waals surface area contributed by atoms with E-state index in [9.17, 15) is 14.0 Å². The molecule has 0 spiro atoms. The van der Waals surface area contributed by atoms with Gasteiger partial charge >= 0.3 is 0 Å². The Kier molecular flexibility index (Phi) is 5.05. The van der Waals surface area contributed by atoms with Gasteiger partial charge in [-0.05, 0) is 56.2 Å². The molecule has 2 fully saturated rings. The van der Waals surface area contributed by atoms with Gasteiger partial charge in [0.1, 0.15) is 5.82 Å². The zero-order valence-electron chi connectivity index (χ0n) is 18.6. The second kappa shape index (κ2) is 8.09. The highest BCUT2D eigenvalue weighted by atomic mass is 19.1. The van der Waals surface area contributed by atoms with Crippen molar-refractivity contribution in [3.8, 4) is 0 Å². The number of likely N-dealkylation sites (tertiary alicyclic amines) is 1. The summed E-state index contributed by atoms with van der Waals surface area (Å²) in [4.78, 5) is 35.5. The van der Waals surface area contributed by atoms with Gasteiger partial charge in [0.15, 0.2) is 5.65 Å². The number of halogens is 1. The minimum Gasteiger partial charge on any atom is -0.330 e. The van der Waals surface area contributed by atoms with Gasteiger partial charge < -0.3 is 4.90 Å². The van der Waals surface area contributed by atoms with Gasteiger partial charge in [-0.25, -0.2) is 13.9 Å². The fraction of sp³-hybridized carbons (Fsp3) is 0.480. The van der Waals surface area contributed by atoms with Crippen LogP contribution in [0.5, 0.6) is 0 Å². The Morgan fingerprint density at radius 2 is 2.03 bits per heavy atom. The maximum atomic E-state index is 13.7. The van der Waals surface area contributed by atoms with E-state index >= 15 is 0 Å². The molecule has 1 saturated carbocycles. The fourth-order valence-corrected chi connectivity index (χ4v) is 5.33. The number of nitrogens with one attached hydrogen (secondary N) is 1. The molecule has 4 heterocycles. The SMILES string of the molecule is O=C(c1cccc(F)c1)N1CCCC[C@@H]1c1cc2nc3c(c(=O)n2[nH]1)CN(CC1CC1)CC3. The lowest BCUT2D eigenvalue weighted by atomic mass is 9.98. The summed E-state index contributed by atoms with van der Waals surface area (Å²) in [6, 6.07) is 7.54. The normalized spacial score (nSPS) is 21.4. The van der Waals surface area contributed by atoms with E-state index in [4.69, 9.17) is 4.98 Å². The zero-order chi connectivity index (χ0) is 22.5. The molecular formula is C25H28FN5O2. The largest absolute Gasteiger partial charge is 0.330 e. The summed E-state index contributed by atoms with van der Waals surface area (Å²) in [5.74, 6) is 0.182. The Morgan fingerprint density at radius 3 is 2.85 bits per heavy atom.